The van der Waals surface area contributed by atoms with Crippen molar-refractivity contribution in [2.24, 2.45) is 0 Å². The second-order valence-electron chi connectivity index (χ2n) is 6.80. The normalized spacial score (nSPS) is 22.6. The number of hydrogen-bond acceptors (Lipinski definition) is 4. The van der Waals surface area contributed by atoms with Gasteiger partial charge in [-0.3, -0.25) is 4.79 Å². The van der Waals surface area contributed by atoms with Crippen LogP contribution in [0.25, 0.3) is 11.0 Å². The van der Waals surface area contributed by atoms with Gasteiger partial charge in [-0.1, -0.05) is 0 Å². The lowest BCUT2D eigenvalue weighted by atomic mass is 10.1. The van der Waals surface area contributed by atoms with E-state index in [9.17, 15) is 4.79 Å². The minimum Gasteiger partial charge on any atom is -0.494 e. The van der Waals surface area contributed by atoms with E-state index >= 15 is 0 Å². The molecule has 2 saturated heterocycles. The molecule has 0 spiro atoms. The third-order valence-corrected chi connectivity index (χ3v) is 5.17. The number of furan rings is 1. The first-order valence-electron chi connectivity index (χ1n) is 8.87. The molecule has 0 aliphatic carbocycles. The van der Waals surface area contributed by atoms with Gasteiger partial charge in [-0.15, -0.1) is 12.4 Å². The topological polar surface area (TPSA) is 54.7 Å². The number of likely N-dealkylation sites (tertiary alicyclic amines) is 1. The van der Waals surface area contributed by atoms with Crippen molar-refractivity contribution in [3.8, 4) is 5.75 Å². The smallest absolute Gasteiger partial charge is 0.258 e. The highest BCUT2D eigenvalue weighted by molar-refractivity contribution is 6.07. The summed E-state index contributed by atoms with van der Waals surface area (Å²) < 4.78 is 11.4. The third-order valence-electron chi connectivity index (χ3n) is 5.17. The second-order valence-corrected chi connectivity index (χ2v) is 6.80. The molecule has 3 heterocycles. The van der Waals surface area contributed by atoms with Crippen LogP contribution in [-0.4, -0.2) is 42.6 Å². The number of carbonyl (C=O) groups excluding carboxylic acids is 1. The molecule has 0 saturated carbocycles. The molecular formula is C19H25ClN2O3. The number of halogens is 1. The molecule has 1 amide bonds. The largest absolute Gasteiger partial charge is 0.494 e. The monoisotopic (exact) mass is 364 g/mol. The Labute approximate surface area is 154 Å². The fourth-order valence-corrected chi connectivity index (χ4v) is 4.01. The van der Waals surface area contributed by atoms with Crippen molar-refractivity contribution in [3.05, 3.63) is 29.5 Å². The maximum Gasteiger partial charge on any atom is 0.258 e. The zero-order chi connectivity index (χ0) is 16.7. The maximum absolute atomic E-state index is 13.2. The Kier molecular flexibility index (Phi) is 5.25. The molecule has 0 radical (unpaired) electrons. The van der Waals surface area contributed by atoms with Crippen LogP contribution in [-0.2, 0) is 0 Å². The maximum atomic E-state index is 13.2. The van der Waals surface area contributed by atoms with Gasteiger partial charge in [0.05, 0.1) is 12.2 Å². The van der Waals surface area contributed by atoms with Crippen LogP contribution in [0.3, 0.4) is 0 Å². The van der Waals surface area contributed by atoms with Gasteiger partial charge in [0, 0.05) is 30.6 Å². The van der Waals surface area contributed by atoms with Gasteiger partial charge in [-0.25, -0.2) is 0 Å². The summed E-state index contributed by atoms with van der Waals surface area (Å²) in [6.45, 7) is 6.02. The van der Waals surface area contributed by atoms with Gasteiger partial charge in [-0.2, -0.15) is 0 Å². The number of hydrogen-bond donors (Lipinski definition) is 1. The van der Waals surface area contributed by atoms with Crippen LogP contribution in [0, 0.1) is 6.92 Å². The van der Waals surface area contributed by atoms with Crippen LogP contribution in [0.2, 0.25) is 0 Å². The predicted octanol–water partition coefficient (Wildman–Crippen LogP) is 3.53. The molecule has 136 valence electrons. The van der Waals surface area contributed by atoms with E-state index in [1.807, 2.05) is 36.9 Å². The van der Waals surface area contributed by atoms with Gasteiger partial charge < -0.3 is 19.4 Å². The Balaban J connectivity index is 0.00000182. The summed E-state index contributed by atoms with van der Waals surface area (Å²) in [5.41, 5.74) is 1.43. The van der Waals surface area contributed by atoms with Crippen molar-refractivity contribution in [1.29, 1.82) is 0 Å². The molecule has 6 heteroatoms. The summed E-state index contributed by atoms with van der Waals surface area (Å²) in [6.07, 6.45) is 3.42. The number of benzene rings is 1. The molecule has 2 aromatic rings. The van der Waals surface area contributed by atoms with Crippen molar-refractivity contribution in [1.82, 2.24) is 10.2 Å². The van der Waals surface area contributed by atoms with Crippen LogP contribution < -0.4 is 10.1 Å². The first kappa shape index (κ1) is 18.1. The SMILES string of the molecule is CCOc1ccc2oc(C)c(C(=O)N3CC[C@H]4CC[C@@H](C3)N4)c2c1.Cl. The number of rotatable bonds is 3. The van der Waals surface area contributed by atoms with E-state index < -0.39 is 0 Å². The molecule has 1 aromatic heterocycles. The first-order valence-corrected chi connectivity index (χ1v) is 8.87. The zero-order valence-corrected chi connectivity index (χ0v) is 15.5. The summed E-state index contributed by atoms with van der Waals surface area (Å²) >= 11 is 0. The Bertz CT molecular complexity index is 773. The number of ether oxygens (including phenoxy) is 1. The van der Waals surface area contributed by atoms with Gasteiger partial charge in [0.2, 0.25) is 0 Å². The average Bonchev–Trinajstić information content (AvgIpc) is 3.05. The summed E-state index contributed by atoms with van der Waals surface area (Å²) in [5.74, 6) is 1.54. The lowest BCUT2D eigenvalue weighted by Gasteiger charge is -2.24. The fraction of sp³-hybridized carbons (Fsp3) is 0.526. The number of nitrogens with one attached hydrogen (secondary N) is 1. The molecule has 2 fully saturated rings. The highest BCUT2D eigenvalue weighted by Crippen LogP contribution is 2.31. The first-order chi connectivity index (χ1) is 11.7. The van der Waals surface area contributed by atoms with Crippen LogP contribution in [0.15, 0.2) is 22.6 Å². The molecule has 2 aliphatic heterocycles. The Morgan fingerprint density at radius 2 is 2.12 bits per heavy atom. The third kappa shape index (κ3) is 3.35. The molecule has 5 nitrogen and oxygen atoms in total. The molecule has 1 N–H and O–H groups in total. The van der Waals surface area contributed by atoms with Crippen molar-refractivity contribution in [2.75, 3.05) is 19.7 Å². The van der Waals surface area contributed by atoms with E-state index in [2.05, 4.69) is 5.32 Å². The Hall–Kier alpha value is -1.72. The zero-order valence-electron chi connectivity index (χ0n) is 14.7. The number of fused-ring (bicyclic) bond motifs is 3. The fourth-order valence-electron chi connectivity index (χ4n) is 4.01. The van der Waals surface area contributed by atoms with Gasteiger partial charge in [-0.05, 0) is 51.3 Å². The van der Waals surface area contributed by atoms with Crippen LogP contribution >= 0.6 is 12.4 Å². The minimum atomic E-state index is 0. The summed E-state index contributed by atoms with van der Waals surface area (Å²) in [7, 11) is 0. The summed E-state index contributed by atoms with van der Waals surface area (Å²) in [6, 6.07) is 6.69. The summed E-state index contributed by atoms with van der Waals surface area (Å²) in [4.78, 5) is 15.2. The molecule has 25 heavy (non-hydrogen) atoms. The standard InChI is InChI=1S/C19H24N2O3.ClH/c1-3-23-15-6-7-17-16(10-15)18(12(2)24-17)19(22)21-9-8-13-4-5-14(11-21)20-13;/h6-7,10,13-14,20H,3-5,8-9,11H2,1-2H3;1H/t13-,14+;/m1./s1. The van der Waals surface area contributed by atoms with E-state index in [1.165, 1.54) is 6.42 Å². The van der Waals surface area contributed by atoms with Crippen LogP contribution in [0.1, 0.15) is 42.3 Å². The molecule has 0 unspecified atom stereocenters. The average molecular weight is 365 g/mol. The molecule has 1 aromatic carbocycles. The van der Waals surface area contributed by atoms with Crippen LogP contribution in [0.5, 0.6) is 5.75 Å². The minimum absolute atomic E-state index is 0. The highest BCUT2D eigenvalue weighted by atomic mass is 35.5. The molecule has 2 atom stereocenters. The lowest BCUT2D eigenvalue weighted by Crippen LogP contribution is -2.39. The van der Waals surface area contributed by atoms with Gasteiger partial charge in [0.1, 0.15) is 17.1 Å². The van der Waals surface area contributed by atoms with Crippen molar-refractivity contribution < 1.29 is 13.9 Å². The Morgan fingerprint density at radius 3 is 2.92 bits per heavy atom. The van der Waals surface area contributed by atoms with Gasteiger partial charge in [0.25, 0.3) is 5.91 Å². The van der Waals surface area contributed by atoms with Crippen molar-refractivity contribution >= 4 is 29.3 Å². The van der Waals surface area contributed by atoms with Gasteiger partial charge >= 0.3 is 0 Å². The van der Waals surface area contributed by atoms with Gasteiger partial charge in [0.15, 0.2) is 0 Å². The summed E-state index contributed by atoms with van der Waals surface area (Å²) in [5, 5.41) is 4.48. The number of carbonyl (C=O) groups is 1. The molecular weight excluding hydrogens is 340 g/mol. The number of amides is 1. The highest BCUT2D eigenvalue weighted by Gasteiger charge is 2.33. The van der Waals surface area contributed by atoms with Crippen molar-refractivity contribution in [3.63, 3.8) is 0 Å². The Morgan fingerprint density at radius 1 is 1.32 bits per heavy atom. The number of nitrogens with zero attached hydrogens (tertiary/aromatic N) is 1. The molecule has 2 bridgehead atoms. The van der Waals surface area contributed by atoms with E-state index in [0.717, 1.165) is 42.6 Å². The van der Waals surface area contributed by atoms with Crippen LogP contribution in [0.4, 0.5) is 0 Å². The van der Waals surface area contributed by atoms with E-state index in [0.29, 0.717) is 30.0 Å². The van der Waals surface area contributed by atoms with E-state index in [-0.39, 0.29) is 18.3 Å². The van der Waals surface area contributed by atoms with Crippen molar-refractivity contribution in [2.45, 2.75) is 45.2 Å². The van der Waals surface area contributed by atoms with E-state index in [4.69, 9.17) is 9.15 Å². The molecule has 4 rings (SSSR count). The molecule has 2 aliphatic rings. The second kappa shape index (κ2) is 7.26. The number of aryl methyl sites for hydroxylation is 1. The lowest BCUT2D eigenvalue weighted by molar-refractivity contribution is 0.0748. The predicted molar refractivity (Wildman–Crippen MR) is 99.8 cm³/mol. The quantitative estimate of drug-likeness (QED) is 0.905. The van der Waals surface area contributed by atoms with E-state index in [1.54, 1.807) is 0 Å².